The number of carbonyl (C=O) groups is 1. The number of fused-ring (bicyclic) bond motifs is 3. The van der Waals surface area contributed by atoms with Crippen LogP contribution in [0.2, 0.25) is 0 Å². The number of aromatic nitrogens is 2. The van der Waals surface area contributed by atoms with Gasteiger partial charge in [-0.3, -0.25) is 14.8 Å². The molecule has 2 aliphatic rings. The molecule has 8 nitrogen and oxygen atoms in total. The average molecular weight is 500 g/mol. The normalized spacial score (nSPS) is 22.5. The average Bonchev–Trinajstić information content (AvgIpc) is 3.32. The predicted molar refractivity (Wildman–Crippen MR) is 131 cm³/mol. The van der Waals surface area contributed by atoms with Crippen molar-refractivity contribution in [1.82, 2.24) is 9.55 Å². The molecule has 1 saturated heterocycles. The van der Waals surface area contributed by atoms with E-state index in [1.807, 2.05) is 0 Å². The molecule has 2 aliphatic heterocycles. The Balaban J connectivity index is 0.00000408. The summed E-state index contributed by atoms with van der Waals surface area (Å²) in [6, 6.07) is 1.81. The summed E-state index contributed by atoms with van der Waals surface area (Å²) in [5.74, 6) is -0.288. The van der Waals surface area contributed by atoms with E-state index in [1.165, 1.54) is 64.2 Å². The van der Waals surface area contributed by atoms with Gasteiger partial charge in [0.25, 0.3) is 0 Å². The molecule has 0 aromatic carbocycles. The van der Waals surface area contributed by atoms with Gasteiger partial charge in [-0.1, -0.05) is 84.0 Å². The standard InChI is InChI=1S/C25H41N3O5.ClH/c1-2-3-4-5-6-7-8-9-10-11-12-13-14-15-21(30)32-22-19(18-29)31-24-23(22)33-25-27-20(26)16-17-28(24)25;/h16-17,19,22-24,26,29H,2-15,18H2,1H3;1H/t19-,22-,23+,24-;/m1./s1. The van der Waals surface area contributed by atoms with E-state index in [4.69, 9.17) is 19.6 Å². The highest BCUT2D eigenvalue weighted by Crippen LogP contribution is 2.40. The summed E-state index contributed by atoms with van der Waals surface area (Å²) in [4.78, 5) is 16.5. The molecule has 0 saturated carbocycles. The number of unbranched alkanes of at least 4 members (excludes halogenated alkanes) is 12. The lowest BCUT2D eigenvalue weighted by Crippen LogP contribution is -2.39. The second-order valence-corrected chi connectivity index (χ2v) is 9.28. The van der Waals surface area contributed by atoms with Crippen molar-refractivity contribution < 1.29 is 24.1 Å². The van der Waals surface area contributed by atoms with E-state index < -0.39 is 24.5 Å². The Bertz CT molecular complexity index is 790. The lowest BCUT2D eigenvalue weighted by Gasteiger charge is -2.20. The molecule has 3 heterocycles. The molecule has 0 aliphatic carbocycles. The van der Waals surface area contributed by atoms with Crippen LogP contribution in [0.1, 0.15) is 103 Å². The molecule has 2 N–H and O–H groups in total. The minimum absolute atomic E-state index is 0. The van der Waals surface area contributed by atoms with E-state index >= 15 is 0 Å². The maximum absolute atomic E-state index is 12.4. The van der Waals surface area contributed by atoms with Crippen LogP contribution in [0.3, 0.4) is 0 Å². The Morgan fingerprint density at radius 1 is 1.06 bits per heavy atom. The van der Waals surface area contributed by atoms with Crippen molar-refractivity contribution >= 4 is 18.4 Å². The lowest BCUT2D eigenvalue weighted by atomic mass is 10.0. The molecule has 1 aromatic heterocycles. The summed E-state index contributed by atoms with van der Waals surface area (Å²) in [5, 5.41) is 17.3. The lowest BCUT2D eigenvalue weighted by molar-refractivity contribution is -0.156. The number of carbonyl (C=O) groups excluding carboxylic acids is 1. The Kier molecular flexibility index (Phi) is 12.9. The third kappa shape index (κ3) is 8.24. The van der Waals surface area contributed by atoms with E-state index in [1.54, 1.807) is 16.8 Å². The Morgan fingerprint density at radius 3 is 2.24 bits per heavy atom. The van der Waals surface area contributed by atoms with Crippen molar-refractivity contribution in [3.05, 3.63) is 17.8 Å². The molecule has 194 valence electrons. The first kappa shape index (κ1) is 28.6. The molecule has 0 radical (unpaired) electrons. The second kappa shape index (κ2) is 15.4. The molecule has 0 spiro atoms. The van der Waals surface area contributed by atoms with E-state index in [0.717, 1.165) is 19.3 Å². The molecule has 0 bridgehead atoms. The predicted octanol–water partition coefficient (Wildman–Crippen LogP) is 4.83. The number of nitrogens with one attached hydrogen (secondary N) is 1. The molecule has 1 fully saturated rings. The van der Waals surface area contributed by atoms with Crippen molar-refractivity contribution in [2.45, 2.75) is 121 Å². The van der Waals surface area contributed by atoms with Crippen molar-refractivity contribution in [1.29, 1.82) is 5.41 Å². The summed E-state index contributed by atoms with van der Waals surface area (Å²) in [6.45, 7) is 2.00. The molecule has 4 atom stereocenters. The van der Waals surface area contributed by atoms with Crippen LogP contribution in [0.15, 0.2) is 12.3 Å². The molecular formula is C25H42ClN3O5. The van der Waals surface area contributed by atoms with Gasteiger partial charge in [0.2, 0.25) is 0 Å². The van der Waals surface area contributed by atoms with Gasteiger partial charge >= 0.3 is 12.0 Å². The van der Waals surface area contributed by atoms with Crippen molar-refractivity contribution in [3.8, 4) is 6.01 Å². The van der Waals surface area contributed by atoms with Crippen LogP contribution >= 0.6 is 12.4 Å². The number of halogens is 1. The number of hydrogen-bond acceptors (Lipinski definition) is 7. The van der Waals surface area contributed by atoms with Crippen LogP contribution < -0.4 is 10.2 Å². The first-order valence-electron chi connectivity index (χ1n) is 12.9. The number of hydrogen-bond donors (Lipinski definition) is 2. The Morgan fingerprint density at radius 2 is 1.65 bits per heavy atom. The summed E-state index contributed by atoms with van der Waals surface area (Å²) in [7, 11) is 0. The Hall–Kier alpha value is -1.64. The molecular weight excluding hydrogens is 458 g/mol. The molecule has 0 amide bonds. The van der Waals surface area contributed by atoms with E-state index in [2.05, 4.69) is 11.9 Å². The number of rotatable bonds is 16. The van der Waals surface area contributed by atoms with Gasteiger partial charge in [0.15, 0.2) is 23.9 Å². The van der Waals surface area contributed by atoms with Gasteiger partial charge < -0.3 is 19.3 Å². The van der Waals surface area contributed by atoms with Crippen LogP contribution in [0.5, 0.6) is 6.01 Å². The molecule has 3 rings (SSSR count). The zero-order valence-electron chi connectivity index (χ0n) is 20.5. The van der Waals surface area contributed by atoms with Crippen LogP contribution in [0, 0.1) is 5.41 Å². The minimum atomic E-state index is -0.689. The first-order chi connectivity index (χ1) is 16.1. The fourth-order valence-electron chi connectivity index (χ4n) is 4.66. The quantitative estimate of drug-likeness (QED) is 0.249. The molecule has 34 heavy (non-hydrogen) atoms. The number of aliphatic hydroxyl groups excluding tert-OH is 1. The summed E-state index contributed by atoms with van der Waals surface area (Å²) in [6.07, 6.45) is 16.0. The van der Waals surface area contributed by atoms with Gasteiger partial charge in [0.1, 0.15) is 6.10 Å². The number of ether oxygens (including phenoxy) is 3. The summed E-state index contributed by atoms with van der Waals surface area (Å²) < 4.78 is 19.0. The highest BCUT2D eigenvalue weighted by molar-refractivity contribution is 5.85. The maximum atomic E-state index is 12.4. The molecule has 1 aromatic rings. The summed E-state index contributed by atoms with van der Waals surface area (Å²) >= 11 is 0. The van der Waals surface area contributed by atoms with Gasteiger partial charge in [0, 0.05) is 12.6 Å². The van der Waals surface area contributed by atoms with Crippen molar-refractivity contribution in [2.24, 2.45) is 0 Å². The monoisotopic (exact) mass is 499 g/mol. The van der Waals surface area contributed by atoms with Gasteiger partial charge in [-0.2, -0.15) is 4.98 Å². The second-order valence-electron chi connectivity index (χ2n) is 9.28. The SMILES string of the molecule is CCCCCCCCCCCCCCCC(=O)O[C@H]1[C@@H]2Oc3nc(=N)ccn3[C@@H]2O[C@@H]1CO.Cl. The topological polar surface area (TPSA) is 107 Å². The highest BCUT2D eigenvalue weighted by Gasteiger charge is 2.53. The fraction of sp³-hybridized carbons (Fsp3) is 0.800. The first-order valence-corrected chi connectivity index (χ1v) is 12.9. The van der Waals surface area contributed by atoms with Crippen LogP contribution in [0.4, 0.5) is 0 Å². The zero-order chi connectivity index (χ0) is 23.5. The van der Waals surface area contributed by atoms with Gasteiger partial charge in [0.05, 0.1) is 6.61 Å². The fourth-order valence-corrected chi connectivity index (χ4v) is 4.66. The van der Waals surface area contributed by atoms with Gasteiger partial charge in [-0.15, -0.1) is 12.4 Å². The number of esters is 1. The van der Waals surface area contributed by atoms with Crippen molar-refractivity contribution in [2.75, 3.05) is 6.61 Å². The van der Waals surface area contributed by atoms with Crippen LogP contribution in [-0.2, 0) is 14.3 Å². The maximum Gasteiger partial charge on any atom is 0.306 e. The number of nitrogens with zero attached hydrogens (tertiary/aromatic N) is 2. The third-order valence-corrected chi connectivity index (χ3v) is 6.56. The smallest absolute Gasteiger partial charge is 0.306 e. The van der Waals surface area contributed by atoms with E-state index in [9.17, 15) is 9.90 Å². The largest absolute Gasteiger partial charge is 0.455 e. The van der Waals surface area contributed by atoms with Gasteiger partial charge in [-0.25, -0.2) is 0 Å². The van der Waals surface area contributed by atoms with Gasteiger partial charge in [-0.05, 0) is 12.5 Å². The van der Waals surface area contributed by atoms with Crippen molar-refractivity contribution in [3.63, 3.8) is 0 Å². The minimum Gasteiger partial charge on any atom is -0.455 e. The van der Waals surface area contributed by atoms with Crippen LogP contribution in [0.25, 0.3) is 0 Å². The molecule has 9 heteroatoms. The summed E-state index contributed by atoms with van der Waals surface area (Å²) in [5.41, 5.74) is 0.0934. The van der Waals surface area contributed by atoms with E-state index in [-0.39, 0.29) is 36.5 Å². The van der Waals surface area contributed by atoms with Crippen LogP contribution in [-0.4, -0.2) is 45.5 Å². The molecule has 0 unspecified atom stereocenters. The zero-order valence-corrected chi connectivity index (χ0v) is 21.3. The third-order valence-electron chi connectivity index (χ3n) is 6.56. The highest BCUT2D eigenvalue weighted by atomic mass is 35.5. The van der Waals surface area contributed by atoms with E-state index in [0.29, 0.717) is 6.42 Å². The number of aliphatic hydroxyl groups is 1. The Labute approximate surface area is 209 Å².